The Balaban J connectivity index is 1.33. The first-order chi connectivity index (χ1) is 15.9. The normalized spacial score (nSPS) is 32.6. The van der Waals surface area contributed by atoms with Crippen molar-refractivity contribution >= 4 is 34.7 Å². The summed E-state index contributed by atoms with van der Waals surface area (Å²) < 4.78 is 13.4. The fourth-order valence-electron chi connectivity index (χ4n) is 7.29. The van der Waals surface area contributed by atoms with E-state index < -0.39 is 17.3 Å². The van der Waals surface area contributed by atoms with Gasteiger partial charge in [-0.3, -0.25) is 14.4 Å². The molecule has 5 aliphatic rings. The van der Waals surface area contributed by atoms with Crippen LogP contribution in [-0.4, -0.2) is 28.7 Å². The molecule has 0 radical (unpaired) electrons. The molecule has 4 bridgehead atoms. The maximum atomic E-state index is 14.2. The maximum absolute atomic E-state index is 14.2. The maximum Gasteiger partial charge on any atom is 0.257 e. The molecular formula is C26H27FN2O3S. The second kappa shape index (κ2) is 7.76. The predicted molar refractivity (Wildman–Crippen MR) is 123 cm³/mol. The molecule has 3 amide bonds. The van der Waals surface area contributed by atoms with Crippen molar-refractivity contribution in [3.8, 4) is 0 Å². The molecule has 4 aliphatic carbocycles. The smallest absolute Gasteiger partial charge is 0.257 e. The zero-order valence-electron chi connectivity index (χ0n) is 18.4. The average molecular weight is 467 g/mol. The lowest BCUT2D eigenvalue weighted by atomic mass is 9.49. The van der Waals surface area contributed by atoms with Crippen LogP contribution in [-0.2, 0) is 20.9 Å². The quantitative estimate of drug-likeness (QED) is 0.597. The van der Waals surface area contributed by atoms with Crippen LogP contribution in [0.5, 0.6) is 0 Å². The molecule has 0 spiro atoms. The van der Waals surface area contributed by atoms with Crippen molar-refractivity contribution in [2.45, 2.75) is 57.5 Å². The van der Waals surface area contributed by atoms with Crippen molar-refractivity contribution in [1.29, 1.82) is 0 Å². The molecule has 2 aromatic rings. The predicted octanol–water partition coefficient (Wildman–Crippen LogP) is 4.76. The summed E-state index contributed by atoms with van der Waals surface area (Å²) in [6.45, 7) is 0.346. The van der Waals surface area contributed by atoms with Gasteiger partial charge in [0, 0.05) is 4.88 Å². The highest BCUT2D eigenvalue weighted by Crippen LogP contribution is 2.60. The monoisotopic (exact) mass is 466 g/mol. The number of hydrogen-bond donors (Lipinski definition) is 0. The second-order valence-corrected chi connectivity index (χ2v) is 11.5. The van der Waals surface area contributed by atoms with Gasteiger partial charge in [0.05, 0.1) is 24.1 Å². The van der Waals surface area contributed by atoms with Crippen LogP contribution in [0.1, 0.15) is 49.8 Å². The summed E-state index contributed by atoms with van der Waals surface area (Å²) in [5.74, 6) is 0.737. The van der Waals surface area contributed by atoms with Gasteiger partial charge in [-0.2, -0.15) is 0 Å². The van der Waals surface area contributed by atoms with Gasteiger partial charge in [0.15, 0.2) is 0 Å². The Kier molecular flexibility index (Phi) is 4.94. The second-order valence-electron chi connectivity index (χ2n) is 10.5. The molecule has 1 aromatic heterocycles. The van der Waals surface area contributed by atoms with E-state index in [1.165, 1.54) is 43.5 Å². The summed E-state index contributed by atoms with van der Waals surface area (Å²) in [7, 11) is 0. The summed E-state index contributed by atoms with van der Waals surface area (Å²) in [6.07, 6.45) is 6.41. The van der Waals surface area contributed by atoms with Gasteiger partial charge < -0.3 is 4.90 Å². The molecular weight excluding hydrogens is 439 g/mol. The topological polar surface area (TPSA) is 57.7 Å². The lowest BCUT2D eigenvalue weighted by Gasteiger charge is -2.56. The molecule has 1 saturated heterocycles. The fourth-order valence-corrected chi connectivity index (χ4v) is 7.99. The first kappa shape index (κ1) is 21.0. The van der Waals surface area contributed by atoms with Crippen molar-refractivity contribution in [3.05, 3.63) is 52.5 Å². The van der Waals surface area contributed by atoms with Crippen molar-refractivity contribution < 1.29 is 18.8 Å². The number of amides is 3. The Bertz CT molecular complexity index is 1060. The lowest BCUT2D eigenvalue weighted by Crippen LogP contribution is -2.57. The summed E-state index contributed by atoms with van der Waals surface area (Å²) in [4.78, 5) is 44.5. The van der Waals surface area contributed by atoms with Gasteiger partial charge in [-0.15, -0.1) is 11.3 Å². The third kappa shape index (κ3) is 3.52. The van der Waals surface area contributed by atoms with Crippen molar-refractivity contribution in [3.63, 3.8) is 0 Å². The Morgan fingerprint density at radius 3 is 2.24 bits per heavy atom. The van der Waals surface area contributed by atoms with Crippen LogP contribution in [0.4, 0.5) is 10.1 Å². The minimum absolute atomic E-state index is 0.0281. The minimum atomic E-state index is -0.815. The van der Waals surface area contributed by atoms with E-state index in [1.54, 1.807) is 16.2 Å². The zero-order valence-corrected chi connectivity index (χ0v) is 19.2. The van der Waals surface area contributed by atoms with Crippen molar-refractivity contribution in [2.24, 2.45) is 23.2 Å². The van der Waals surface area contributed by atoms with Gasteiger partial charge in [-0.25, -0.2) is 9.29 Å². The van der Waals surface area contributed by atoms with Crippen LogP contribution < -0.4 is 4.90 Å². The Morgan fingerprint density at radius 2 is 1.67 bits per heavy atom. The SMILES string of the molecule is O=C1CC(N(Cc2cccs2)C(=O)C23CC4CC(CC(C4)C2)C3)C(=O)N1c1ccc(F)cc1. The van der Waals surface area contributed by atoms with E-state index in [0.717, 1.165) is 29.0 Å². The minimum Gasteiger partial charge on any atom is -0.324 e. The molecule has 5 nitrogen and oxygen atoms in total. The van der Waals surface area contributed by atoms with Crippen molar-refractivity contribution in [1.82, 2.24) is 4.90 Å². The number of carbonyl (C=O) groups excluding carboxylic acids is 3. The Hall–Kier alpha value is -2.54. The highest BCUT2D eigenvalue weighted by atomic mass is 32.1. The molecule has 7 rings (SSSR count). The summed E-state index contributed by atoms with van der Waals surface area (Å²) in [6, 6.07) is 8.48. The van der Waals surface area contributed by atoms with Gasteiger partial charge in [0.2, 0.25) is 11.8 Å². The summed E-state index contributed by atoms with van der Waals surface area (Å²) in [5, 5.41) is 1.97. The number of thiophene rings is 1. The first-order valence-electron chi connectivity index (χ1n) is 11.9. The molecule has 1 aliphatic heterocycles. The number of halogens is 1. The summed E-state index contributed by atoms with van der Waals surface area (Å²) >= 11 is 1.56. The molecule has 1 atom stereocenters. The van der Waals surface area contributed by atoms with E-state index >= 15 is 0 Å². The molecule has 4 saturated carbocycles. The van der Waals surface area contributed by atoms with Crippen LogP contribution in [0, 0.1) is 29.0 Å². The summed E-state index contributed by atoms with van der Waals surface area (Å²) in [5.41, 5.74) is -0.0363. The molecule has 172 valence electrons. The molecule has 5 fully saturated rings. The number of rotatable bonds is 5. The number of benzene rings is 1. The standard InChI is InChI=1S/C26H27FN2O3S/c27-19-3-5-20(6-4-19)29-23(30)11-22(24(29)31)28(15-21-2-1-7-33-21)25(32)26-12-16-8-17(13-26)10-18(9-16)14-26/h1-7,16-18,22H,8-15H2. The van der Waals surface area contributed by atoms with Gasteiger partial charge in [0.1, 0.15) is 11.9 Å². The number of carbonyl (C=O) groups is 3. The Morgan fingerprint density at radius 1 is 1.03 bits per heavy atom. The van der Waals surface area contributed by atoms with E-state index in [0.29, 0.717) is 30.0 Å². The van der Waals surface area contributed by atoms with Crippen LogP contribution in [0.15, 0.2) is 41.8 Å². The van der Waals surface area contributed by atoms with Gasteiger partial charge in [0.25, 0.3) is 5.91 Å². The van der Waals surface area contributed by atoms with E-state index in [4.69, 9.17) is 0 Å². The molecule has 33 heavy (non-hydrogen) atoms. The largest absolute Gasteiger partial charge is 0.324 e. The molecule has 2 heterocycles. The highest BCUT2D eigenvalue weighted by Gasteiger charge is 2.57. The number of imide groups is 1. The molecule has 1 unspecified atom stereocenters. The van der Waals surface area contributed by atoms with Crippen LogP contribution in [0.25, 0.3) is 0 Å². The van der Waals surface area contributed by atoms with E-state index in [1.807, 2.05) is 17.5 Å². The van der Waals surface area contributed by atoms with E-state index in [2.05, 4.69) is 0 Å². The molecule has 7 heteroatoms. The van der Waals surface area contributed by atoms with Gasteiger partial charge >= 0.3 is 0 Å². The van der Waals surface area contributed by atoms with Gasteiger partial charge in [-0.1, -0.05) is 6.07 Å². The molecule has 1 aromatic carbocycles. The number of hydrogen-bond acceptors (Lipinski definition) is 4. The zero-order chi connectivity index (χ0) is 22.7. The van der Waals surface area contributed by atoms with Crippen LogP contribution in [0.3, 0.4) is 0 Å². The van der Waals surface area contributed by atoms with Crippen molar-refractivity contribution in [2.75, 3.05) is 4.90 Å². The number of anilines is 1. The average Bonchev–Trinajstić information content (AvgIpc) is 3.39. The fraction of sp³-hybridized carbons (Fsp3) is 0.500. The van der Waals surface area contributed by atoms with Crippen LogP contribution in [0.2, 0.25) is 0 Å². The highest BCUT2D eigenvalue weighted by molar-refractivity contribution is 7.09. The van der Waals surface area contributed by atoms with Gasteiger partial charge in [-0.05, 0) is 92.0 Å². The number of nitrogens with zero attached hydrogens (tertiary/aromatic N) is 2. The first-order valence-corrected chi connectivity index (χ1v) is 12.8. The van der Waals surface area contributed by atoms with E-state index in [-0.39, 0.29) is 24.1 Å². The van der Waals surface area contributed by atoms with E-state index in [9.17, 15) is 18.8 Å². The van der Waals surface area contributed by atoms with Crippen LogP contribution >= 0.6 is 11.3 Å². The lowest BCUT2D eigenvalue weighted by molar-refractivity contribution is -0.162. The Labute approximate surface area is 196 Å². The molecule has 0 N–H and O–H groups in total. The third-order valence-electron chi connectivity index (χ3n) is 8.24. The third-order valence-corrected chi connectivity index (χ3v) is 9.10.